The topological polar surface area (TPSA) is 123 Å². The lowest BCUT2D eigenvalue weighted by Gasteiger charge is -2.04. The van der Waals surface area contributed by atoms with Gasteiger partial charge in [-0.05, 0) is 29.8 Å². The predicted octanol–water partition coefficient (Wildman–Crippen LogP) is 1.70. The maximum Gasteiger partial charge on any atom is 0.264 e. The molecule has 0 aliphatic heterocycles. The monoisotopic (exact) mass is 386 g/mol. The Labute approximate surface area is 157 Å². The van der Waals surface area contributed by atoms with Crippen LogP contribution in [0.4, 0.5) is 16.2 Å². The molecule has 0 fully saturated rings. The number of carbonyl (C=O) groups is 1. The number of halogens is 1. The molecule has 0 saturated heterocycles. The van der Waals surface area contributed by atoms with Gasteiger partial charge in [-0.25, -0.2) is 19.5 Å². The standard InChI is InChI=1S/C16H15FN8OS/c17-12-6-4-11(5-7-12)9-20-22-15-23-24-16(25(15)18)27-10-14(26)21-13-3-1-2-8-19-13/h1-9H,10,18H2,(H,22,23)(H,19,21,26)/b20-9+. The minimum absolute atomic E-state index is 0.0881. The number of nitrogens with two attached hydrogens (primary N) is 1. The molecule has 2 heterocycles. The van der Waals surface area contributed by atoms with Crippen LogP contribution in [0.2, 0.25) is 0 Å². The van der Waals surface area contributed by atoms with Crippen molar-refractivity contribution in [1.82, 2.24) is 19.9 Å². The molecule has 4 N–H and O–H groups in total. The number of hydrazone groups is 1. The highest BCUT2D eigenvalue weighted by atomic mass is 32.2. The second-order valence-electron chi connectivity index (χ2n) is 5.15. The Morgan fingerprint density at radius 2 is 2.07 bits per heavy atom. The third-order valence-electron chi connectivity index (χ3n) is 3.18. The lowest BCUT2D eigenvalue weighted by molar-refractivity contribution is -0.113. The van der Waals surface area contributed by atoms with Crippen molar-refractivity contribution in [3.8, 4) is 0 Å². The van der Waals surface area contributed by atoms with Gasteiger partial charge >= 0.3 is 0 Å². The van der Waals surface area contributed by atoms with Gasteiger partial charge in [0.1, 0.15) is 11.6 Å². The highest BCUT2D eigenvalue weighted by molar-refractivity contribution is 7.99. The Morgan fingerprint density at radius 1 is 1.26 bits per heavy atom. The van der Waals surface area contributed by atoms with E-state index in [1.807, 2.05) is 0 Å². The van der Waals surface area contributed by atoms with Crippen molar-refractivity contribution < 1.29 is 9.18 Å². The van der Waals surface area contributed by atoms with Crippen LogP contribution in [0.15, 0.2) is 58.9 Å². The zero-order chi connectivity index (χ0) is 19.1. The second-order valence-corrected chi connectivity index (χ2v) is 6.09. The summed E-state index contributed by atoms with van der Waals surface area (Å²) in [4.78, 5) is 15.9. The molecule has 0 spiro atoms. The van der Waals surface area contributed by atoms with Crippen molar-refractivity contribution in [1.29, 1.82) is 0 Å². The van der Waals surface area contributed by atoms with Gasteiger partial charge < -0.3 is 11.2 Å². The SMILES string of the molecule is Nn1c(N/N=C/c2ccc(F)cc2)nnc1SCC(=O)Nc1ccccn1. The number of aromatic nitrogens is 4. The van der Waals surface area contributed by atoms with Gasteiger partial charge in [0.05, 0.1) is 12.0 Å². The summed E-state index contributed by atoms with van der Waals surface area (Å²) in [7, 11) is 0. The van der Waals surface area contributed by atoms with Crippen LogP contribution < -0.4 is 16.6 Å². The number of nitrogens with one attached hydrogen (secondary N) is 2. The smallest absolute Gasteiger partial charge is 0.264 e. The first-order chi connectivity index (χ1) is 13.1. The molecule has 0 bridgehead atoms. The number of nitrogen functional groups attached to an aromatic ring is 1. The largest absolute Gasteiger partial charge is 0.334 e. The second kappa shape index (κ2) is 8.76. The fourth-order valence-electron chi connectivity index (χ4n) is 1.91. The molecule has 27 heavy (non-hydrogen) atoms. The van der Waals surface area contributed by atoms with Crippen LogP contribution in [0, 0.1) is 5.82 Å². The third-order valence-corrected chi connectivity index (χ3v) is 4.12. The molecule has 0 radical (unpaired) electrons. The number of thioether (sulfide) groups is 1. The molecule has 3 aromatic rings. The van der Waals surface area contributed by atoms with E-state index in [9.17, 15) is 9.18 Å². The first-order valence-corrected chi connectivity index (χ1v) is 8.69. The molecule has 1 aromatic carbocycles. The quantitative estimate of drug-likeness (QED) is 0.244. The summed E-state index contributed by atoms with van der Waals surface area (Å²) < 4.78 is 14.0. The van der Waals surface area contributed by atoms with E-state index < -0.39 is 0 Å². The van der Waals surface area contributed by atoms with Gasteiger partial charge in [-0.2, -0.15) is 5.10 Å². The van der Waals surface area contributed by atoms with Gasteiger partial charge in [0.2, 0.25) is 11.1 Å². The van der Waals surface area contributed by atoms with E-state index in [2.05, 4.69) is 31.0 Å². The summed E-state index contributed by atoms with van der Waals surface area (Å²) in [5.74, 6) is 6.06. The van der Waals surface area contributed by atoms with Crippen LogP contribution in [0.1, 0.15) is 5.56 Å². The molecule has 3 rings (SSSR count). The number of benzene rings is 1. The lowest BCUT2D eigenvalue weighted by atomic mass is 10.2. The van der Waals surface area contributed by atoms with E-state index in [0.29, 0.717) is 16.5 Å². The Kier molecular flexibility index (Phi) is 5.94. The molecule has 0 aliphatic rings. The molecule has 1 amide bonds. The van der Waals surface area contributed by atoms with E-state index >= 15 is 0 Å². The normalized spacial score (nSPS) is 10.9. The molecule has 0 saturated carbocycles. The summed E-state index contributed by atoms with van der Waals surface area (Å²) >= 11 is 1.12. The number of anilines is 2. The Balaban J connectivity index is 1.52. The number of amides is 1. The van der Waals surface area contributed by atoms with Crippen LogP contribution in [-0.2, 0) is 4.79 Å². The summed E-state index contributed by atoms with van der Waals surface area (Å²) in [6.45, 7) is 0. The van der Waals surface area contributed by atoms with Crippen molar-refractivity contribution in [2.24, 2.45) is 5.10 Å². The van der Waals surface area contributed by atoms with Gasteiger partial charge in [-0.3, -0.25) is 4.79 Å². The number of hydrogen-bond acceptors (Lipinski definition) is 8. The third kappa shape index (κ3) is 5.25. The number of rotatable bonds is 7. The summed E-state index contributed by atoms with van der Waals surface area (Å²) in [5, 5.41) is 14.7. The zero-order valence-electron chi connectivity index (χ0n) is 13.9. The Bertz CT molecular complexity index is 929. The molecule has 11 heteroatoms. The van der Waals surface area contributed by atoms with Gasteiger partial charge in [-0.1, -0.05) is 30.0 Å². The van der Waals surface area contributed by atoms with Crippen molar-refractivity contribution in [2.75, 3.05) is 22.3 Å². The molecular weight excluding hydrogens is 371 g/mol. The van der Waals surface area contributed by atoms with E-state index in [4.69, 9.17) is 5.84 Å². The molecule has 0 aliphatic carbocycles. The first-order valence-electron chi connectivity index (χ1n) is 7.70. The van der Waals surface area contributed by atoms with Crippen molar-refractivity contribution in [2.45, 2.75) is 5.16 Å². The van der Waals surface area contributed by atoms with Gasteiger partial charge in [0.15, 0.2) is 0 Å². The molecular formula is C16H15FN8OS. The van der Waals surface area contributed by atoms with Gasteiger partial charge in [-0.15, -0.1) is 10.2 Å². The van der Waals surface area contributed by atoms with Crippen molar-refractivity contribution >= 4 is 35.6 Å². The van der Waals surface area contributed by atoms with Crippen LogP contribution in [0.3, 0.4) is 0 Å². The van der Waals surface area contributed by atoms with Crippen LogP contribution >= 0.6 is 11.8 Å². The van der Waals surface area contributed by atoms with Crippen molar-refractivity contribution in [3.63, 3.8) is 0 Å². The van der Waals surface area contributed by atoms with E-state index in [1.54, 1.807) is 36.5 Å². The van der Waals surface area contributed by atoms with Crippen molar-refractivity contribution in [3.05, 3.63) is 60.0 Å². The van der Waals surface area contributed by atoms with E-state index in [0.717, 1.165) is 11.8 Å². The molecule has 138 valence electrons. The first kappa shape index (κ1) is 18.3. The summed E-state index contributed by atoms with van der Waals surface area (Å²) in [6, 6.07) is 11.0. The molecule has 0 atom stereocenters. The maximum atomic E-state index is 12.8. The van der Waals surface area contributed by atoms with Crippen LogP contribution in [0.25, 0.3) is 0 Å². The minimum Gasteiger partial charge on any atom is -0.334 e. The Hall–Kier alpha value is -3.47. The molecule has 9 nitrogen and oxygen atoms in total. The zero-order valence-corrected chi connectivity index (χ0v) is 14.7. The number of pyridine rings is 1. The fraction of sp³-hybridized carbons (Fsp3) is 0.0625. The highest BCUT2D eigenvalue weighted by Gasteiger charge is 2.12. The fourth-order valence-corrected chi connectivity index (χ4v) is 2.57. The van der Waals surface area contributed by atoms with Gasteiger partial charge in [0, 0.05) is 6.20 Å². The number of nitrogens with zero attached hydrogens (tertiary/aromatic N) is 5. The summed E-state index contributed by atoms with van der Waals surface area (Å²) in [5.41, 5.74) is 3.34. The number of hydrogen-bond donors (Lipinski definition) is 3. The average Bonchev–Trinajstić information content (AvgIpc) is 3.02. The van der Waals surface area contributed by atoms with Crippen LogP contribution in [0.5, 0.6) is 0 Å². The van der Waals surface area contributed by atoms with Gasteiger partial charge in [0.25, 0.3) is 5.95 Å². The number of carbonyl (C=O) groups excluding carboxylic acids is 1. The molecule has 0 unspecified atom stereocenters. The van der Waals surface area contributed by atoms with Crippen LogP contribution in [-0.4, -0.2) is 37.7 Å². The maximum absolute atomic E-state index is 12.8. The van der Waals surface area contributed by atoms with E-state index in [-0.39, 0.29) is 23.4 Å². The minimum atomic E-state index is -0.324. The average molecular weight is 386 g/mol. The molecule has 2 aromatic heterocycles. The highest BCUT2D eigenvalue weighted by Crippen LogP contribution is 2.17. The lowest BCUT2D eigenvalue weighted by Crippen LogP contribution is -2.17. The van der Waals surface area contributed by atoms with E-state index in [1.165, 1.54) is 23.0 Å². The Morgan fingerprint density at radius 3 is 2.81 bits per heavy atom. The predicted molar refractivity (Wildman–Crippen MR) is 101 cm³/mol. The summed E-state index contributed by atoms with van der Waals surface area (Å²) in [6.07, 6.45) is 3.07.